The maximum Gasteiger partial charge on any atom is 0.417 e. The normalized spacial score (nSPS) is 14.0. The molecule has 1 aliphatic rings. The van der Waals surface area contributed by atoms with E-state index >= 15 is 0 Å². The minimum atomic E-state index is -0.751. The summed E-state index contributed by atoms with van der Waals surface area (Å²) in [7, 11) is 0. The summed E-state index contributed by atoms with van der Waals surface area (Å²) in [5.74, 6) is 0.891. The number of amides is 1. The summed E-state index contributed by atoms with van der Waals surface area (Å²) in [5.41, 5.74) is 2.15. The highest BCUT2D eigenvalue weighted by Gasteiger charge is 2.28. The number of hydrogen-bond acceptors (Lipinski definition) is 8. The Hall–Kier alpha value is -4.47. The monoisotopic (exact) mass is 585 g/mol. The summed E-state index contributed by atoms with van der Waals surface area (Å²) in [5, 5.41) is 0. The zero-order valence-electron chi connectivity index (χ0n) is 25.3. The van der Waals surface area contributed by atoms with Gasteiger partial charge in [-0.2, -0.15) is 9.97 Å². The SMILES string of the molecule is CCOC(=O)Cn1cnc2c(Oc3ccccc3)nc(N(Cc3ccc(C4CCCCC4)cc3)C(=O)OC(C)(C)C)nc21. The molecule has 0 radical (unpaired) electrons. The molecule has 0 unspecified atom stereocenters. The average molecular weight is 586 g/mol. The summed E-state index contributed by atoms with van der Waals surface area (Å²) in [4.78, 5) is 41.2. The highest BCUT2D eigenvalue weighted by molar-refractivity contribution is 5.88. The predicted octanol–water partition coefficient (Wildman–Crippen LogP) is 7.17. The number of carbonyl (C=O) groups is 2. The van der Waals surface area contributed by atoms with Gasteiger partial charge in [0.25, 0.3) is 5.88 Å². The van der Waals surface area contributed by atoms with Crippen molar-refractivity contribution in [2.45, 2.75) is 84.4 Å². The lowest BCUT2D eigenvalue weighted by atomic mass is 9.84. The largest absolute Gasteiger partial charge is 0.465 e. The Labute approximate surface area is 252 Å². The maximum atomic E-state index is 13.7. The standard InChI is InChI=1S/C33H39N5O5/c1-5-41-27(39)21-37-22-34-28-29(37)35-31(36-30(28)42-26-14-10-7-11-15-26)38(32(40)43-33(2,3)4)20-23-16-18-25(19-17-23)24-12-8-6-9-13-24/h7,10-11,14-19,22,24H,5-6,8-9,12-13,20-21H2,1-4H3. The number of esters is 1. The molecule has 1 fully saturated rings. The summed E-state index contributed by atoms with van der Waals surface area (Å²) in [6.07, 6.45) is 7.13. The molecule has 10 heteroatoms. The van der Waals surface area contributed by atoms with Gasteiger partial charge in [-0.1, -0.05) is 61.7 Å². The number of hydrogen-bond donors (Lipinski definition) is 0. The van der Waals surface area contributed by atoms with E-state index in [0.717, 1.165) is 5.56 Å². The zero-order chi connectivity index (χ0) is 30.4. The number of rotatable bonds is 9. The van der Waals surface area contributed by atoms with Gasteiger partial charge in [-0.15, -0.1) is 0 Å². The number of aromatic nitrogens is 4. The van der Waals surface area contributed by atoms with E-state index in [4.69, 9.17) is 19.2 Å². The van der Waals surface area contributed by atoms with E-state index in [1.807, 2.05) is 51.1 Å². The highest BCUT2D eigenvalue weighted by Crippen LogP contribution is 2.33. The van der Waals surface area contributed by atoms with Crippen molar-refractivity contribution >= 4 is 29.2 Å². The van der Waals surface area contributed by atoms with Crippen LogP contribution < -0.4 is 9.64 Å². The van der Waals surface area contributed by atoms with Crippen LogP contribution in [0, 0.1) is 0 Å². The van der Waals surface area contributed by atoms with E-state index < -0.39 is 17.7 Å². The molecule has 0 N–H and O–H groups in total. The van der Waals surface area contributed by atoms with Crippen LogP contribution in [-0.4, -0.2) is 43.8 Å². The Kier molecular flexibility index (Phi) is 9.23. The summed E-state index contributed by atoms with van der Waals surface area (Å²) in [6, 6.07) is 17.6. The first-order valence-electron chi connectivity index (χ1n) is 14.9. The Morgan fingerprint density at radius 1 is 0.977 bits per heavy atom. The van der Waals surface area contributed by atoms with Gasteiger partial charge >= 0.3 is 12.1 Å². The smallest absolute Gasteiger partial charge is 0.417 e. The molecule has 0 bridgehead atoms. The quantitative estimate of drug-likeness (QED) is 0.190. The van der Waals surface area contributed by atoms with Crippen LogP contribution in [-0.2, 0) is 27.4 Å². The zero-order valence-corrected chi connectivity index (χ0v) is 25.3. The van der Waals surface area contributed by atoms with Gasteiger partial charge in [0.1, 0.15) is 17.9 Å². The van der Waals surface area contributed by atoms with E-state index in [-0.39, 0.29) is 31.5 Å². The fraction of sp³-hybridized carbons (Fsp3) is 0.424. The number of carbonyl (C=O) groups excluding carboxylic acids is 2. The number of nitrogens with zero attached hydrogens (tertiary/aromatic N) is 5. The van der Waals surface area contributed by atoms with Gasteiger partial charge in [-0.25, -0.2) is 14.7 Å². The molecule has 1 saturated carbocycles. The van der Waals surface area contributed by atoms with Crippen LogP contribution in [0.5, 0.6) is 11.6 Å². The van der Waals surface area contributed by atoms with Gasteiger partial charge in [0.15, 0.2) is 11.2 Å². The number of para-hydroxylation sites is 1. The molecule has 226 valence electrons. The molecule has 4 aromatic rings. The molecule has 43 heavy (non-hydrogen) atoms. The van der Waals surface area contributed by atoms with E-state index in [2.05, 4.69) is 22.1 Å². The number of anilines is 1. The lowest BCUT2D eigenvalue weighted by Crippen LogP contribution is -2.37. The van der Waals surface area contributed by atoms with Crippen molar-refractivity contribution in [3.63, 3.8) is 0 Å². The van der Waals surface area contributed by atoms with Gasteiger partial charge in [0, 0.05) is 0 Å². The minimum absolute atomic E-state index is 0.0645. The summed E-state index contributed by atoms with van der Waals surface area (Å²) in [6.45, 7) is 7.48. The first-order chi connectivity index (χ1) is 20.7. The molecule has 2 heterocycles. The second kappa shape index (κ2) is 13.2. The number of imidazole rings is 1. The molecule has 1 amide bonds. The van der Waals surface area contributed by atoms with Crippen molar-refractivity contribution in [1.82, 2.24) is 19.5 Å². The van der Waals surface area contributed by atoms with Crippen molar-refractivity contribution in [3.05, 3.63) is 72.1 Å². The number of benzene rings is 2. The van der Waals surface area contributed by atoms with Crippen LogP contribution in [0.15, 0.2) is 60.9 Å². The van der Waals surface area contributed by atoms with Crippen LogP contribution in [0.1, 0.15) is 76.8 Å². The van der Waals surface area contributed by atoms with Gasteiger partial charge in [-0.05, 0) is 69.7 Å². The predicted molar refractivity (Wildman–Crippen MR) is 163 cm³/mol. The molecule has 2 aromatic carbocycles. The van der Waals surface area contributed by atoms with Crippen LogP contribution >= 0.6 is 0 Å². The topological polar surface area (TPSA) is 109 Å². The number of ether oxygens (including phenoxy) is 3. The first-order valence-corrected chi connectivity index (χ1v) is 14.9. The molecule has 0 atom stereocenters. The van der Waals surface area contributed by atoms with Crippen LogP contribution in [0.25, 0.3) is 11.2 Å². The van der Waals surface area contributed by atoms with Gasteiger partial charge in [-0.3, -0.25) is 4.79 Å². The van der Waals surface area contributed by atoms with Crippen molar-refractivity contribution in [1.29, 1.82) is 0 Å². The molecule has 0 saturated heterocycles. The van der Waals surface area contributed by atoms with Gasteiger partial charge in [0.05, 0.1) is 19.5 Å². The summed E-state index contributed by atoms with van der Waals surface area (Å²) >= 11 is 0. The highest BCUT2D eigenvalue weighted by atomic mass is 16.6. The maximum absolute atomic E-state index is 13.7. The van der Waals surface area contributed by atoms with E-state index in [9.17, 15) is 9.59 Å². The Balaban J connectivity index is 1.54. The molecular formula is C33H39N5O5. The van der Waals surface area contributed by atoms with Crippen molar-refractivity contribution in [2.24, 2.45) is 0 Å². The van der Waals surface area contributed by atoms with Crippen LogP contribution in [0.2, 0.25) is 0 Å². The first kappa shape index (κ1) is 30.0. The molecule has 1 aliphatic carbocycles. The molecular weight excluding hydrogens is 546 g/mol. The molecule has 5 rings (SSSR count). The Morgan fingerprint density at radius 2 is 1.70 bits per heavy atom. The van der Waals surface area contributed by atoms with Crippen molar-refractivity contribution in [3.8, 4) is 11.6 Å². The second-order valence-corrected chi connectivity index (χ2v) is 11.7. The van der Waals surface area contributed by atoms with E-state index in [1.165, 1.54) is 48.9 Å². The summed E-state index contributed by atoms with van der Waals surface area (Å²) < 4.78 is 18.6. The number of fused-ring (bicyclic) bond motifs is 1. The second-order valence-electron chi connectivity index (χ2n) is 11.7. The Bertz CT molecular complexity index is 1540. The molecule has 10 nitrogen and oxygen atoms in total. The van der Waals surface area contributed by atoms with E-state index in [1.54, 1.807) is 23.6 Å². The lowest BCUT2D eigenvalue weighted by Gasteiger charge is -2.27. The molecule has 2 aromatic heterocycles. The molecule has 0 spiro atoms. The third-order valence-corrected chi connectivity index (χ3v) is 7.23. The lowest BCUT2D eigenvalue weighted by molar-refractivity contribution is -0.143. The average Bonchev–Trinajstić information content (AvgIpc) is 3.39. The van der Waals surface area contributed by atoms with Gasteiger partial charge < -0.3 is 18.8 Å². The fourth-order valence-electron chi connectivity index (χ4n) is 5.21. The fourth-order valence-corrected chi connectivity index (χ4v) is 5.21. The van der Waals surface area contributed by atoms with Crippen molar-refractivity contribution in [2.75, 3.05) is 11.5 Å². The third kappa shape index (κ3) is 7.68. The van der Waals surface area contributed by atoms with Crippen molar-refractivity contribution < 1.29 is 23.8 Å². The third-order valence-electron chi connectivity index (χ3n) is 7.23. The molecule has 0 aliphatic heterocycles. The Morgan fingerprint density at radius 3 is 2.37 bits per heavy atom. The van der Waals surface area contributed by atoms with Crippen LogP contribution in [0.4, 0.5) is 10.7 Å². The van der Waals surface area contributed by atoms with Crippen LogP contribution in [0.3, 0.4) is 0 Å². The minimum Gasteiger partial charge on any atom is -0.465 e. The van der Waals surface area contributed by atoms with E-state index in [0.29, 0.717) is 22.8 Å². The van der Waals surface area contributed by atoms with Gasteiger partial charge in [0.2, 0.25) is 5.95 Å².